The van der Waals surface area contributed by atoms with E-state index in [0.29, 0.717) is 11.4 Å². The van der Waals surface area contributed by atoms with E-state index in [1.165, 1.54) is 0 Å². The Bertz CT molecular complexity index is 799. The fraction of sp³-hybridized carbons (Fsp3) is 0.211. The molecular weight excluding hydrogens is 300 g/mol. The molecule has 2 aromatic heterocycles. The van der Waals surface area contributed by atoms with Gasteiger partial charge in [-0.3, -0.25) is 9.78 Å². The molecule has 0 saturated heterocycles. The fourth-order valence-electron chi connectivity index (χ4n) is 2.93. The van der Waals surface area contributed by atoms with Crippen molar-refractivity contribution in [3.05, 3.63) is 72.3 Å². The molecule has 0 bridgehead atoms. The van der Waals surface area contributed by atoms with E-state index in [1.807, 2.05) is 49.6 Å². The van der Waals surface area contributed by atoms with Crippen molar-refractivity contribution in [3.63, 3.8) is 0 Å². The molecule has 1 aromatic carbocycles. The first-order chi connectivity index (χ1) is 11.7. The number of benzene rings is 1. The van der Waals surface area contributed by atoms with Gasteiger partial charge in [0, 0.05) is 37.4 Å². The van der Waals surface area contributed by atoms with E-state index in [4.69, 9.17) is 0 Å². The highest BCUT2D eigenvalue weighted by atomic mass is 16.2. The molecule has 0 aliphatic rings. The lowest BCUT2D eigenvalue weighted by atomic mass is 10.0. The average Bonchev–Trinajstić information content (AvgIpc) is 3.17. The third-order valence-corrected chi connectivity index (χ3v) is 4.15. The van der Waals surface area contributed by atoms with Gasteiger partial charge in [-0.05, 0) is 24.1 Å². The van der Waals surface area contributed by atoms with Crippen molar-refractivity contribution >= 4 is 5.91 Å². The average molecular weight is 320 g/mol. The number of nitrogens with one attached hydrogen (secondary N) is 1. The third kappa shape index (κ3) is 3.06. The number of hydrogen-bond donors (Lipinski definition) is 1. The number of imidazole rings is 1. The monoisotopic (exact) mass is 320 g/mol. The van der Waals surface area contributed by atoms with E-state index >= 15 is 0 Å². The van der Waals surface area contributed by atoms with E-state index in [0.717, 1.165) is 17.5 Å². The minimum absolute atomic E-state index is 0.0177. The predicted molar refractivity (Wildman–Crippen MR) is 93.4 cm³/mol. The highest BCUT2D eigenvalue weighted by Crippen LogP contribution is 2.27. The van der Waals surface area contributed by atoms with Crippen LogP contribution in [0.4, 0.5) is 0 Å². The first-order valence-electron chi connectivity index (χ1n) is 7.98. The summed E-state index contributed by atoms with van der Waals surface area (Å²) in [6.07, 6.45) is 7.81. The number of aromatic nitrogens is 3. The molecular formula is C19H20N4O. The molecule has 1 amide bonds. The number of hydrogen-bond acceptors (Lipinski definition) is 3. The van der Waals surface area contributed by atoms with Crippen LogP contribution in [0.5, 0.6) is 0 Å². The number of rotatable bonds is 5. The molecule has 0 fully saturated rings. The van der Waals surface area contributed by atoms with E-state index in [9.17, 15) is 4.79 Å². The lowest BCUT2D eigenvalue weighted by Crippen LogP contribution is -2.31. The standard InChI is InChI=1S/C19H20N4O/c1-3-17(14-7-6-10-20-13-14)23(2)19(24)16-9-5-4-8-15(16)18-21-11-12-22-18/h4-13,17H,3H2,1-2H3,(H,21,22)/t17-/m0/s1. The zero-order valence-electron chi connectivity index (χ0n) is 13.8. The molecule has 5 nitrogen and oxygen atoms in total. The number of carbonyl (C=O) groups is 1. The SMILES string of the molecule is CC[C@@H](c1cccnc1)N(C)C(=O)c1ccccc1-c1ncc[nH]1. The number of amides is 1. The Balaban J connectivity index is 1.94. The topological polar surface area (TPSA) is 61.9 Å². The Kier molecular flexibility index (Phi) is 4.70. The van der Waals surface area contributed by atoms with Gasteiger partial charge in [0.25, 0.3) is 5.91 Å². The van der Waals surface area contributed by atoms with Crippen molar-refractivity contribution in [3.8, 4) is 11.4 Å². The van der Waals surface area contributed by atoms with Gasteiger partial charge in [-0.15, -0.1) is 0 Å². The highest BCUT2D eigenvalue weighted by molar-refractivity contribution is 6.00. The summed E-state index contributed by atoms with van der Waals surface area (Å²) >= 11 is 0. The van der Waals surface area contributed by atoms with Gasteiger partial charge in [-0.1, -0.05) is 31.2 Å². The molecule has 3 aromatic rings. The summed E-state index contributed by atoms with van der Waals surface area (Å²) in [6.45, 7) is 2.07. The molecule has 3 rings (SSSR count). The molecule has 2 heterocycles. The van der Waals surface area contributed by atoms with Crippen LogP contribution in [0.3, 0.4) is 0 Å². The summed E-state index contributed by atoms with van der Waals surface area (Å²) in [4.78, 5) is 26.4. The number of nitrogens with zero attached hydrogens (tertiary/aromatic N) is 3. The van der Waals surface area contributed by atoms with E-state index < -0.39 is 0 Å². The first kappa shape index (κ1) is 15.9. The Labute approximate surface area is 141 Å². The van der Waals surface area contributed by atoms with Crippen LogP contribution in [0, 0.1) is 0 Å². The molecule has 122 valence electrons. The maximum Gasteiger partial charge on any atom is 0.254 e. The van der Waals surface area contributed by atoms with E-state index in [1.54, 1.807) is 23.5 Å². The van der Waals surface area contributed by atoms with E-state index in [2.05, 4.69) is 21.9 Å². The van der Waals surface area contributed by atoms with Gasteiger partial charge in [0.1, 0.15) is 5.82 Å². The van der Waals surface area contributed by atoms with Gasteiger partial charge in [0.15, 0.2) is 0 Å². The maximum atomic E-state index is 13.1. The Hall–Kier alpha value is -2.95. The first-order valence-corrected chi connectivity index (χ1v) is 7.98. The molecule has 5 heteroatoms. The molecule has 0 spiro atoms. The molecule has 1 N–H and O–H groups in total. The van der Waals surface area contributed by atoms with Crippen LogP contribution < -0.4 is 0 Å². The molecule has 0 unspecified atom stereocenters. The number of pyridine rings is 1. The zero-order chi connectivity index (χ0) is 16.9. The second kappa shape index (κ2) is 7.08. The van der Waals surface area contributed by atoms with Crippen LogP contribution in [-0.4, -0.2) is 32.8 Å². The third-order valence-electron chi connectivity index (χ3n) is 4.15. The second-order valence-corrected chi connectivity index (χ2v) is 5.61. The minimum atomic E-state index is -0.0299. The largest absolute Gasteiger partial charge is 0.345 e. The minimum Gasteiger partial charge on any atom is -0.345 e. The highest BCUT2D eigenvalue weighted by Gasteiger charge is 2.24. The van der Waals surface area contributed by atoms with Crippen molar-refractivity contribution in [2.75, 3.05) is 7.05 Å². The van der Waals surface area contributed by atoms with Crippen LogP contribution >= 0.6 is 0 Å². The number of carbonyl (C=O) groups excluding carboxylic acids is 1. The Morgan fingerprint density at radius 2 is 2.04 bits per heavy atom. The summed E-state index contributed by atoms with van der Waals surface area (Å²) < 4.78 is 0. The van der Waals surface area contributed by atoms with Crippen molar-refractivity contribution in [2.24, 2.45) is 0 Å². The predicted octanol–water partition coefficient (Wildman–Crippen LogP) is 3.70. The molecule has 0 saturated carbocycles. The molecule has 24 heavy (non-hydrogen) atoms. The van der Waals surface area contributed by atoms with E-state index in [-0.39, 0.29) is 11.9 Å². The molecule has 0 radical (unpaired) electrons. The van der Waals surface area contributed by atoms with Gasteiger partial charge in [-0.25, -0.2) is 4.98 Å². The smallest absolute Gasteiger partial charge is 0.254 e. The number of H-pyrrole nitrogens is 1. The maximum absolute atomic E-state index is 13.1. The van der Waals surface area contributed by atoms with Crippen LogP contribution in [0.1, 0.15) is 35.3 Å². The second-order valence-electron chi connectivity index (χ2n) is 5.61. The van der Waals surface area contributed by atoms with Gasteiger partial charge in [0.05, 0.1) is 11.6 Å². The van der Waals surface area contributed by atoms with Crippen molar-refractivity contribution in [1.82, 2.24) is 19.9 Å². The van der Waals surface area contributed by atoms with Crippen molar-refractivity contribution in [1.29, 1.82) is 0 Å². The van der Waals surface area contributed by atoms with Gasteiger partial charge < -0.3 is 9.88 Å². The Morgan fingerprint density at radius 3 is 2.71 bits per heavy atom. The number of aromatic amines is 1. The van der Waals surface area contributed by atoms with Crippen LogP contribution in [0.2, 0.25) is 0 Å². The lowest BCUT2D eigenvalue weighted by molar-refractivity contribution is 0.0726. The Morgan fingerprint density at radius 1 is 1.21 bits per heavy atom. The lowest BCUT2D eigenvalue weighted by Gasteiger charge is -2.28. The quantitative estimate of drug-likeness (QED) is 0.780. The van der Waals surface area contributed by atoms with Gasteiger partial charge in [0.2, 0.25) is 0 Å². The molecule has 0 aliphatic carbocycles. The van der Waals surface area contributed by atoms with Gasteiger partial charge in [-0.2, -0.15) is 0 Å². The molecule has 1 atom stereocenters. The summed E-state index contributed by atoms with van der Waals surface area (Å²) in [5.41, 5.74) is 2.48. The van der Waals surface area contributed by atoms with Crippen molar-refractivity contribution < 1.29 is 4.79 Å². The summed E-state index contributed by atoms with van der Waals surface area (Å²) in [7, 11) is 1.84. The molecule has 0 aliphatic heterocycles. The van der Waals surface area contributed by atoms with Gasteiger partial charge >= 0.3 is 0 Å². The van der Waals surface area contributed by atoms with Crippen LogP contribution in [0.15, 0.2) is 61.2 Å². The van der Waals surface area contributed by atoms with Crippen LogP contribution in [-0.2, 0) is 0 Å². The zero-order valence-corrected chi connectivity index (χ0v) is 13.8. The van der Waals surface area contributed by atoms with Crippen LogP contribution in [0.25, 0.3) is 11.4 Å². The van der Waals surface area contributed by atoms with Crippen molar-refractivity contribution in [2.45, 2.75) is 19.4 Å². The fourth-order valence-corrected chi connectivity index (χ4v) is 2.93. The summed E-state index contributed by atoms with van der Waals surface area (Å²) in [6, 6.07) is 11.4. The summed E-state index contributed by atoms with van der Waals surface area (Å²) in [5, 5.41) is 0. The summed E-state index contributed by atoms with van der Waals surface area (Å²) in [5.74, 6) is 0.666. The normalized spacial score (nSPS) is 11.9.